The Labute approximate surface area is 120 Å². The molecule has 0 heterocycles. The Morgan fingerprint density at radius 2 is 1.95 bits per heavy atom. The van der Waals surface area contributed by atoms with Crippen molar-refractivity contribution in [1.29, 1.82) is 0 Å². The third-order valence-electron chi connectivity index (χ3n) is 3.92. The maximum atomic E-state index is 12.4. The minimum atomic E-state index is -0.402. The topological polar surface area (TPSA) is 49.8 Å². The highest BCUT2D eigenvalue weighted by Crippen LogP contribution is 2.24. The predicted octanol–water partition coefficient (Wildman–Crippen LogP) is 2.46. The Bertz CT molecular complexity index is 444. The number of likely N-dealkylation sites (N-methyl/N-ethyl adjacent to an activating group) is 1. The van der Waals surface area contributed by atoms with Crippen molar-refractivity contribution in [3.8, 4) is 5.75 Å². The molecule has 1 saturated carbocycles. The molecule has 0 aliphatic heterocycles. The first-order valence-corrected chi connectivity index (χ1v) is 7.31. The molecule has 1 aliphatic rings. The normalized spacial score (nSPS) is 22.4. The van der Waals surface area contributed by atoms with Gasteiger partial charge in [0.25, 0.3) is 5.91 Å². The van der Waals surface area contributed by atoms with Crippen LogP contribution in [0, 0.1) is 0 Å². The smallest absolute Gasteiger partial charge is 0.253 e. The second-order valence-corrected chi connectivity index (χ2v) is 5.29. The summed E-state index contributed by atoms with van der Waals surface area (Å²) in [6.45, 7) is 2.54. The van der Waals surface area contributed by atoms with E-state index in [-0.39, 0.29) is 11.9 Å². The first kappa shape index (κ1) is 14.9. The largest absolute Gasteiger partial charge is 0.494 e. The van der Waals surface area contributed by atoms with Crippen LogP contribution in [-0.4, -0.2) is 41.7 Å². The van der Waals surface area contributed by atoms with Crippen LogP contribution >= 0.6 is 0 Å². The number of hydrogen-bond acceptors (Lipinski definition) is 3. The number of carbonyl (C=O) groups excluding carboxylic acids is 1. The van der Waals surface area contributed by atoms with E-state index in [1.807, 2.05) is 19.1 Å². The summed E-state index contributed by atoms with van der Waals surface area (Å²) in [5.41, 5.74) is 0.633. The van der Waals surface area contributed by atoms with Gasteiger partial charge in [0.15, 0.2) is 0 Å². The Kier molecular flexibility index (Phi) is 5.01. The molecule has 110 valence electrons. The number of nitrogens with zero attached hydrogens (tertiary/aromatic N) is 1. The number of rotatable bonds is 4. The summed E-state index contributed by atoms with van der Waals surface area (Å²) < 4.78 is 5.37. The summed E-state index contributed by atoms with van der Waals surface area (Å²) in [6, 6.07) is 7.10. The van der Waals surface area contributed by atoms with Crippen molar-refractivity contribution < 1.29 is 14.6 Å². The summed E-state index contributed by atoms with van der Waals surface area (Å²) in [5.74, 6) is 0.725. The number of carbonyl (C=O) groups is 1. The van der Waals surface area contributed by atoms with E-state index in [1.165, 1.54) is 0 Å². The summed E-state index contributed by atoms with van der Waals surface area (Å²) >= 11 is 0. The van der Waals surface area contributed by atoms with Crippen molar-refractivity contribution in [2.24, 2.45) is 0 Å². The monoisotopic (exact) mass is 277 g/mol. The Hall–Kier alpha value is -1.55. The molecule has 4 heteroatoms. The molecule has 1 amide bonds. The lowest BCUT2D eigenvalue weighted by atomic mass is 9.91. The molecular formula is C16H23NO3. The third-order valence-corrected chi connectivity index (χ3v) is 3.92. The summed E-state index contributed by atoms with van der Waals surface area (Å²) in [5, 5.41) is 10.0. The number of ether oxygens (including phenoxy) is 1. The molecular weight excluding hydrogens is 254 g/mol. The third kappa shape index (κ3) is 3.31. The van der Waals surface area contributed by atoms with Gasteiger partial charge in [-0.25, -0.2) is 0 Å². The van der Waals surface area contributed by atoms with Crippen LogP contribution in [0.4, 0.5) is 0 Å². The van der Waals surface area contributed by atoms with Gasteiger partial charge in [-0.3, -0.25) is 4.79 Å². The number of benzene rings is 1. The van der Waals surface area contributed by atoms with Gasteiger partial charge in [-0.2, -0.15) is 0 Å². The van der Waals surface area contributed by atoms with Crippen LogP contribution in [0.3, 0.4) is 0 Å². The number of amides is 1. The van der Waals surface area contributed by atoms with E-state index in [9.17, 15) is 9.90 Å². The summed E-state index contributed by atoms with van der Waals surface area (Å²) in [6.07, 6.45) is 3.37. The minimum absolute atomic E-state index is 0.0426. The Balaban J connectivity index is 2.05. The molecule has 0 saturated heterocycles. The fourth-order valence-electron chi connectivity index (χ4n) is 2.76. The lowest BCUT2D eigenvalue weighted by Gasteiger charge is -2.35. The maximum Gasteiger partial charge on any atom is 0.253 e. The van der Waals surface area contributed by atoms with Crippen molar-refractivity contribution in [3.63, 3.8) is 0 Å². The summed E-state index contributed by atoms with van der Waals surface area (Å²) in [4.78, 5) is 14.1. The average Bonchev–Trinajstić information content (AvgIpc) is 2.47. The van der Waals surface area contributed by atoms with E-state index in [0.717, 1.165) is 31.4 Å². The zero-order chi connectivity index (χ0) is 14.5. The van der Waals surface area contributed by atoms with Crippen molar-refractivity contribution in [2.75, 3.05) is 13.7 Å². The van der Waals surface area contributed by atoms with Gasteiger partial charge in [0.2, 0.25) is 0 Å². The van der Waals surface area contributed by atoms with Crippen LogP contribution < -0.4 is 4.74 Å². The van der Waals surface area contributed by atoms with Crippen molar-refractivity contribution in [3.05, 3.63) is 29.8 Å². The van der Waals surface area contributed by atoms with Crippen LogP contribution in [-0.2, 0) is 0 Å². The van der Waals surface area contributed by atoms with Gasteiger partial charge in [-0.1, -0.05) is 12.8 Å². The highest BCUT2D eigenvalue weighted by atomic mass is 16.5. The Morgan fingerprint density at radius 3 is 2.55 bits per heavy atom. The highest BCUT2D eigenvalue weighted by Gasteiger charge is 2.29. The maximum absolute atomic E-state index is 12.4. The molecule has 2 unspecified atom stereocenters. The predicted molar refractivity (Wildman–Crippen MR) is 78.0 cm³/mol. The molecule has 1 fully saturated rings. The molecule has 0 spiro atoms. The van der Waals surface area contributed by atoms with Crippen LogP contribution in [0.5, 0.6) is 5.75 Å². The fourth-order valence-corrected chi connectivity index (χ4v) is 2.76. The van der Waals surface area contributed by atoms with E-state index in [0.29, 0.717) is 12.2 Å². The van der Waals surface area contributed by atoms with Crippen molar-refractivity contribution in [1.82, 2.24) is 4.90 Å². The second kappa shape index (κ2) is 6.75. The van der Waals surface area contributed by atoms with Gasteiger partial charge < -0.3 is 14.7 Å². The van der Waals surface area contributed by atoms with Crippen LogP contribution in [0.1, 0.15) is 43.0 Å². The van der Waals surface area contributed by atoms with Gasteiger partial charge in [0.1, 0.15) is 5.75 Å². The minimum Gasteiger partial charge on any atom is -0.494 e. The number of hydrogen-bond donors (Lipinski definition) is 1. The molecule has 2 rings (SSSR count). The summed E-state index contributed by atoms with van der Waals surface area (Å²) in [7, 11) is 1.78. The zero-order valence-corrected chi connectivity index (χ0v) is 12.2. The Morgan fingerprint density at radius 1 is 1.30 bits per heavy atom. The van der Waals surface area contributed by atoms with Crippen molar-refractivity contribution >= 4 is 5.91 Å². The molecule has 1 aromatic rings. The molecule has 0 bridgehead atoms. The number of aliphatic hydroxyl groups is 1. The van der Waals surface area contributed by atoms with E-state index >= 15 is 0 Å². The van der Waals surface area contributed by atoms with Crippen molar-refractivity contribution in [2.45, 2.75) is 44.8 Å². The molecule has 4 nitrogen and oxygen atoms in total. The van der Waals surface area contributed by atoms with Crippen LogP contribution in [0.15, 0.2) is 24.3 Å². The molecule has 0 aromatic heterocycles. The second-order valence-electron chi connectivity index (χ2n) is 5.29. The first-order valence-electron chi connectivity index (χ1n) is 7.31. The molecule has 2 atom stereocenters. The quantitative estimate of drug-likeness (QED) is 0.919. The van der Waals surface area contributed by atoms with Gasteiger partial charge in [0, 0.05) is 12.6 Å². The van der Waals surface area contributed by atoms with Gasteiger partial charge >= 0.3 is 0 Å². The fraction of sp³-hybridized carbons (Fsp3) is 0.562. The molecule has 1 aromatic carbocycles. The first-order chi connectivity index (χ1) is 9.63. The highest BCUT2D eigenvalue weighted by molar-refractivity contribution is 5.94. The average molecular weight is 277 g/mol. The molecule has 1 N–H and O–H groups in total. The molecule has 0 radical (unpaired) electrons. The van der Waals surface area contributed by atoms with Gasteiger partial charge in [-0.05, 0) is 44.0 Å². The van der Waals surface area contributed by atoms with E-state index < -0.39 is 6.10 Å². The lowest BCUT2D eigenvalue weighted by molar-refractivity contribution is 0.0268. The standard InChI is InChI=1S/C16H23NO3/c1-3-20-13-10-8-12(9-11-13)16(19)17(2)14-6-4-5-7-15(14)18/h8-11,14-15,18H,3-7H2,1-2H3. The number of aliphatic hydroxyl groups excluding tert-OH is 1. The van der Waals surface area contributed by atoms with Crippen LogP contribution in [0.2, 0.25) is 0 Å². The van der Waals surface area contributed by atoms with Gasteiger partial charge in [-0.15, -0.1) is 0 Å². The van der Waals surface area contributed by atoms with Gasteiger partial charge in [0.05, 0.1) is 18.8 Å². The SMILES string of the molecule is CCOc1ccc(C(=O)N(C)C2CCCCC2O)cc1. The molecule has 20 heavy (non-hydrogen) atoms. The van der Waals surface area contributed by atoms with Crippen LogP contribution in [0.25, 0.3) is 0 Å². The van der Waals surface area contributed by atoms with E-state index in [2.05, 4.69) is 0 Å². The van der Waals surface area contributed by atoms with E-state index in [1.54, 1.807) is 24.1 Å². The molecule has 1 aliphatic carbocycles. The van der Waals surface area contributed by atoms with E-state index in [4.69, 9.17) is 4.74 Å². The lowest BCUT2D eigenvalue weighted by Crippen LogP contribution is -2.46. The zero-order valence-electron chi connectivity index (χ0n) is 12.2.